The van der Waals surface area contributed by atoms with E-state index in [0.29, 0.717) is 51.0 Å². The van der Waals surface area contributed by atoms with E-state index < -0.39 is 11.7 Å². The summed E-state index contributed by atoms with van der Waals surface area (Å²) in [5.74, 6) is 1.83. The molecule has 0 saturated carbocycles. The molecule has 10 heteroatoms. The first kappa shape index (κ1) is 32.7. The van der Waals surface area contributed by atoms with E-state index in [0.717, 1.165) is 29.7 Å². The van der Waals surface area contributed by atoms with E-state index in [-0.39, 0.29) is 12.5 Å². The molecule has 0 bridgehead atoms. The van der Waals surface area contributed by atoms with Gasteiger partial charge in [-0.15, -0.1) is 0 Å². The van der Waals surface area contributed by atoms with E-state index in [4.69, 9.17) is 28.4 Å². The third-order valence-electron chi connectivity index (χ3n) is 5.34. The Kier molecular flexibility index (Phi) is 14.7. The van der Waals surface area contributed by atoms with Crippen LogP contribution < -0.4 is 24.8 Å². The highest BCUT2D eigenvalue weighted by Gasteiger charge is 2.15. The van der Waals surface area contributed by atoms with Crippen LogP contribution in [0.5, 0.6) is 17.2 Å². The highest BCUT2D eigenvalue weighted by molar-refractivity contribution is 5.77. The van der Waals surface area contributed by atoms with Crippen LogP contribution in [0.15, 0.2) is 42.5 Å². The Morgan fingerprint density at radius 2 is 1.55 bits per heavy atom. The molecule has 2 N–H and O–H groups in total. The molecule has 0 aromatic heterocycles. The van der Waals surface area contributed by atoms with Gasteiger partial charge in [-0.1, -0.05) is 18.2 Å². The Hall–Kier alpha value is -3.50. The van der Waals surface area contributed by atoms with Crippen LogP contribution in [-0.4, -0.2) is 77.9 Å². The first-order valence-electron chi connectivity index (χ1n) is 13.4. The van der Waals surface area contributed by atoms with Gasteiger partial charge in [-0.25, -0.2) is 4.79 Å². The fraction of sp³-hybridized carbons (Fsp3) is 0.500. The largest absolute Gasteiger partial charge is 0.493 e. The van der Waals surface area contributed by atoms with E-state index in [9.17, 15) is 9.59 Å². The van der Waals surface area contributed by atoms with Gasteiger partial charge in [0.2, 0.25) is 0 Å². The summed E-state index contributed by atoms with van der Waals surface area (Å²) < 4.78 is 32.3. The van der Waals surface area contributed by atoms with Crippen LogP contribution in [0.25, 0.3) is 0 Å². The molecule has 2 aromatic carbocycles. The molecule has 2 aromatic rings. The molecule has 10 nitrogen and oxygen atoms in total. The monoisotopic (exact) mass is 559 g/mol. The van der Waals surface area contributed by atoms with Gasteiger partial charge < -0.3 is 39.1 Å². The summed E-state index contributed by atoms with van der Waals surface area (Å²) in [5.41, 5.74) is 1.65. The van der Waals surface area contributed by atoms with Crippen molar-refractivity contribution in [2.24, 2.45) is 0 Å². The summed E-state index contributed by atoms with van der Waals surface area (Å²) in [7, 11) is 3.25. The van der Waals surface area contributed by atoms with E-state index in [1.807, 2.05) is 42.5 Å². The quantitative estimate of drug-likeness (QED) is 0.264. The summed E-state index contributed by atoms with van der Waals surface area (Å²) in [6, 6.07) is 13.6. The lowest BCUT2D eigenvalue weighted by Gasteiger charge is -2.19. The molecule has 0 atom stereocenters. The van der Waals surface area contributed by atoms with Crippen molar-refractivity contribution in [1.82, 2.24) is 10.6 Å². The molecule has 0 saturated heterocycles. The number of hydrogen-bond acceptors (Lipinski definition) is 8. The Morgan fingerprint density at radius 1 is 0.850 bits per heavy atom. The molecule has 0 aliphatic rings. The standard InChI is InChI=1S/C30H43N2O8/c1-30(2,3)40-29(34)32-15-17-38-19-18-37-16-14-31-28(33)22-39-25-11-7-10-23(20-25)8-6-9-24-12-13-26(35-4)27(21-24)36-5/h7-8,10-13,20-21H,6,9,14-19,22H2,1-5H3,(H,31,33)(H,32,34). The number of aryl methyl sites for hydroxylation is 1. The normalized spacial score (nSPS) is 11.0. The van der Waals surface area contributed by atoms with Gasteiger partial charge in [-0.2, -0.15) is 0 Å². The van der Waals surface area contributed by atoms with Crippen molar-refractivity contribution in [1.29, 1.82) is 0 Å². The van der Waals surface area contributed by atoms with Crippen molar-refractivity contribution >= 4 is 12.0 Å². The van der Waals surface area contributed by atoms with Gasteiger partial charge >= 0.3 is 6.09 Å². The van der Waals surface area contributed by atoms with Crippen LogP contribution in [0.4, 0.5) is 4.79 Å². The van der Waals surface area contributed by atoms with Gasteiger partial charge in [-0.05, 0) is 75.4 Å². The van der Waals surface area contributed by atoms with Crippen LogP contribution in [0.2, 0.25) is 0 Å². The number of rotatable bonds is 18. The minimum atomic E-state index is -0.528. The second kappa shape index (κ2) is 18.0. The van der Waals surface area contributed by atoms with Crippen LogP contribution >= 0.6 is 0 Å². The number of ether oxygens (including phenoxy) is 6. The molecule has 2 amide bonds. The number of amides is 2. The molecule has 1 radical (unpaired) electrons. The van der Waals surface area contributed by atoms with Crippen molar-refractivity contribution < 1.29 is 38.0 Å². The number of carbonyl (C=O) groups excluding carboxylic acids is 2. The maximum Gasteiger partial charge on any atom is 0.407 e. The van der Waals surface area contributed by atoms with Gasteiger partial charge in [-0.3, -0.25) is 4.79 Å². The summed E-state index contributed by atoms with van der Waals surface area (Å²) >= 11 is 0. The van der Waals surface area contributed by atoms with Crippen LogP contribution in [0, 0.1) is 6.42 Å². The highest BCUT2D eigenvalue weighted by atomic mass is 16.6. The summed E-state index contributed by atoms with van der Waals surface area (Å²) in [5, 5.41) is 5.38. The van der Waals surface area contributed by atoms with E-state index in [1.165, 1.54) is 0 Å². The molecular weight excluding hydrogens is 516 g/mol. The fourth-order valence-corrected chi connectivity index (χ4v) is 3.50. The fourth-order valence-electron chi connectivity index (χ4n) is 3.50. The smallest absolute Gasteiger partial charge is 0.407 e. The second-order valence-corrected chi connectivity index (χ2v) is 9.80. The minimum absolute atomic E-state index is 0.0805. The zero-order valence-electron chi connectivity index (χ0n) is 24.2. The Bertz CT molecular complexity index is 1040. The predicted octanol–water partition coefficient (Wildman–Crippen LogP) is 3.94. The first-order valence-corrected chi connectivity index (χ1v) is 13.4. The van der Waals surface area contributed by atoms with Crippen LogP contribution in [-0.2, 0) is 25.4 Å². The number of alkyl carbamates (subject to hydrolysis) is 1. The molecule has 2 rings (SSSR count). The third-order valence-corrected chi connectivity index (χ3v) is 5.34. The zero-order valence-corrected chi connectivity index (χ0v) is 24.2. The second-order valence-electron chi connectivity index (χ2n) is 9.80. The van der Waals surface area contributed by atoms with Crippen molar-refractivity contribution in [2.75, 3.05) is 60.3 Å². The Labute approximate surface area is 237 Å². The van der Waals surface area contributed by atoms with Crippen LogP contribution in [0.1, 0.15) is 38.3 Å². The first-order chi connectivity index (χ1) is 19.2. The topological polar surface area (TPSA) is 114 Å². The molecule has 40 heavy (non-hydrogen) atoms. The number of methoxy groups -OCH3 is 2. The third kappa shape index (κ3) is 14.0. The number of carbonyl (C=O) groups is 2. The SMILES string of the molecule is COc1ccc(CC[CH]c2cccc(OCC(=O)NCCOCCOCCNC(=O)OC(C)(C)C)c2)cc1OC. The summed E-state index contributed by atoms with van der Waals surface area (Å²) in [6.45, 7) is 7.53. The lowest BCUT2D eigenvalue weighted by Crippen LogP contribution is -2.34. The molecule has 0 spiro atoms. The van der Waals surface area contributed by atoms with Crippen molar-refractivity contribution in [3.05, 3.63) is 60.0 Å². The number of benzene rings is 2. The summed E-state index contributed by atoms with van der Waals surface area (Å²) in [6.07, 6.45) is 3.35. The molecule has 0 unspecified atom stereocenters. The van der Waals surface area contributed by atoms with Gasteiger partial charge in [0.1, 0.15) is 11.4 Å². The maximum atomic E-state index is 12.1. The Morgan fingerprint density at radius 3 is 2.23 bits per heavy atom. The predicted molar refractivity (Wildman–Crippen MR) is 152 cm³/mol. The number of hydrogen-bond donors (Lipinski definition) is 2. The molecule has 0 aliphatic heterocycles. The van der Waals surface area contributed by atoms with Crippen molar-refractivity contribution in [3.63, 3.8) is 0 Å². The lowest BCUT2D eigenvalue weighted by atomic mass is 10.0. The molecule has 0 aliphatic carbocycles. The lowest BCUT2D eigenvalue weighted by molar-refractivity contribution is -0.123. The molecule has 221 valence electrons. The van der Waals surface area contributed by atoms with Crippen molar-refractivity contribution in [2.45, 2.75) is 39.2 Å². The molecule has 0 heterocycles. The van der Waals surface area contributed by atoms with Gasteiger partial charge in [0, 0.05) is 13.1 Å². The van der Waals surface area contributed by atoms with Gasteiger partial charge in [0.05, 0.1) is 40.6 Å². The maximum absolute atomic E-state index is 12.1. The highest BCUT2D eigenvalue weighted by Crippen LogP contribution is 2.28. The Balaban J connectivity index is 1.52. The van der Waals surface area contributed by atoms with Crippen molar-refractivity contribution in [3.8, 4) is 17.2 Å². The minimum Gasteiger partial charge on any atom is -0.493 e. The van der Waals surface area contributed by atoms with E-state index in [1.54, 1.807) is 35.0 Å². The average Bonchev–Trinajstić information content (AvgIpc) is 2.92. The zero-order chi connectivity index (χ0) is 29.2. The average molecular weight is 560 g/mol. The summed E-state index contributed by atoms with van der Waals surface area (Å²) in [4.78, 5) is 23.6. The van der Waals surface area contributed by atoms with Gasteiger partial charge in [0.25, 0.3) is 5.91 Å². The van der Waals surface area contributed by atoms with Gasteiger partial charge in [0.15, 0.2) is 18.1 Å². The number of nitrogens with one attached hydrogen (secondary N) is 2. The van der Waals surface area contributed by atoms with E-state index >= 15 is 0 Å². The molecular formula is C30H43N2O8. The van der Waals surface area contributed by atoms with E-state index in [2.05, 4.69) is 17.1 Å². The van der Waals surface area contributed by atoms with Crippen LogP contribution in [0.3, 0.4) is 0 Å². The molecule has 0 fully saturated rings.